The molecule has 0 aliphatic heterocycles. The van der Waals surface area contributed by atoms with Gasteiger partial charge in [-0.1, -0.05) is 25.1 Å². The van der Waals surface area contributed by atoms with Crippen molar-refractivity contribution in [3.8, 4) is 17.7 Å². The maximum absolute atomic E-state index is 12.3. The third kappa shape index (κ3) is 4.06. The Balaban J connectivity index is 2.07. The third-order valence-electron chi connectivity index (χ3n) is 2.99. The summed E-state index contributed by atoms with van der Waals surface area (Å²) in [5.74, 6) is 0.915. The SMILES string of the molecule is CCCN(CC#N)C(=O)c1ccc(Oc2ccccc2)nc1. The lowest BCUT2D eigenvalue weighted by molar-refractivity contribution is 0.0775. The summed E-state index contributed by atoms with van der Waals surface area (Å²) in [6.07, 6.45) is 2.27. The fourth-order valence-corrected chi connectivity index (χ4v) is 1.97. The van der Waals surface area contributed by atoms with E-state index in [0.29, 0.717) is 23.7 Å². The molecule has 0 aliphatic carbocycles. The molecule has 0 bridgehead atoms. The molecule has 0 fully saturated rings. The number of hydrogen-bond donors (Lipinski definition) is 0. The van der Waals surface area contributed by atoms with E-state index in [-0.39, 0.29) is 12.5 Å². The summed E-state index contributed by atoms with van der Waals surface area (Å²) in [4.78, 5) is 17.9. The predicted molar refractivity (Wildman–Crippen MR) is 82.6 cm³/mol. The highest BCUT2D eigenvalue weighted by molar-refractivity contribution is 5.94. The fourth-order valence-electron chi connectivity index (χ4n) is 1.97. The van der Waals surface area contributed by atoms with Gasteiger partial charge in [0, 0.05) is 18.8 Å². The van der Waals surface area contributed by atoms with E-state index in [2.05, 4.69) is 4.98 Å². The lowest BCUT2D eigenvalue weighted by Gasteiger charge is -2.18. The molecule has 0 unspecified atom stereocenters. The zero-order valence-corrected chi connectivity index (χ0v) is 12.4. The molecule has 22 heavy (non-hydrogen) atoms. The van der Waals surface area contributed by atoms with Crippen LogP contribution in [-0.2, 0) is 0 Å². The Kier molecular flexibility index (Phi) is 5.50. The van der Waals surface area contributed by atoms with Crippen LogP contribution in [0.25, 0.3) is 0 Å². The number of aromatic nitrogens is 1. The standard InChI is InChI=1S/C17H17N3O2/c1-2-11-20(12-10-18)17(21)14-8-9-16(19-13-14)22-15-6-4-3-5-7-15/h3-9,13H,2,11-12H2,1H3. The van der Waals surface area contributed by atoms with Crippen molar-refractivity contribution < 1.29 is 9.53 Å². The molecule has 0 N–H and O–H groups in total. The van der Waals surface area contributed by atoms with E-state index in [1.165, 1.54) is 11.1 Å². The first-order chi connectivity index (χ1) is 10.7. The molecule has 0 saturated carbocycles. The molecule has 0 spiro atoms. The van der Waals surface area contributed by atoms with Crippen LogP contribution in [0.5, 0.6) is 11.6 Å². The van der Waals surface area contributed by atoms with E-state index < -0.39 is 0 Å². The summed E-state index contributed by atoms with van der Waals surface area (Å²) in [5.41, 5.74) is 0.448. The summed E-state index contributed by atoms with van der Waals surface area (Å²) in [5, 5.41) is 8.79. The van der Waals surface area contributed by atoms with Gasteiger partial charge in [0.25, 0.3) is 5.91 Å². The van der Waals surface area contributed by atoms with Crippen LogP contribution in [0.15, 0.2) is 48.7 Å². The minimum Gasteiger partial charge on any atom is -0.439 e. The highest BCUT2D eigenvalue weighted by Crippen LogP contribution is 2.18. The highest BCUT2D eigenvalue weighted by atomic mass is 16.5. The second-order valence-corrected chi connectivity index (χ2v) is 4.69. The molecule has 1 amide bonds. The van der Waals surface area contributed by atoms with E-state index in [0.717, 1.165) is 6.42 Å². The molecule has 0 atom stereocenters. The number of rotatable bonds is 6. The molecule has 5 nitrogen and oxygen atoms in total. The van der Waals surface area contributed by atoms with Gasteiger partial charge in [0.05, 0.1) is 11.6 Å². The summed E-state index contributed by atoms with van der Waals surface area (Å²) >= 11 is 0. The van der Waals surface area contributed by atoms with Gasteiger partial charge in [-0.15, -0.1) is 0 Å². The van der Waals surface area contributed by atoms with Gasteiger partial charge in [0.15, 0.2) is 0 Å². The van der Waals surface area contributed by atoms with Crippen molar-refractivity contribution in [2.24, 2.45) is 0 Å². The molecular formula is C17H17N3O2. The second kappa shape index (κ2) is 7.79. The number of pyridine rings is 1. The van der Waals surface area contributed by atoms with E-state index in [1.54, 1.807) is 12.1 Å². The predicted octanol–water partition coefficient (Wildman–Crippen LogP) is 3.25. The first-order valence-electron chi connectivity index (χ1n) is 7.09. The van der Waals surface area contributed by atoms with Crippen molar-refractivity contribution in [2.45, 2.75) is 13.3 Å². The van der Waals surface area contributed by atoms with Crippen molar-refractivity contribution in [3.63, 3.8) is 0 Å². The fraction of sp³-hybridized carbons (Fsp3) is 0.235. The van der Waals surface area contributed by atoms with E-state index in [4.69, 9.17) is 10.00 Å². The van der Waals surface area contributed by atoms with Gasteiger partial charge in [-0.25, -0.2) is 4.98 Å². The topological polar surface area (TPSA) is 66.2 Å². The third-order valence-corrected chi connectivity index (χ3v) is 2.99. The number of ether oxygens (including phenoxy) is 1. The van der Waals surface area contributed by atoms with Gasteiger partial charge in [-0.05, 0) is 24.6 Å². The number of hydrogen-bond acceptors (Lipinski definition) is 4. The maximum Gasteiger partial charge on any atom is 0.256 e. The number of nitriles is 1. The maximum atomic E-state index is 12.3. The number of carbonyl (C=O) groups excluding carboxylic acids is 1. The quantitative estimate of drug-likeness (QED) is 0.767. The Morgan fingerprint density at radius 2 is 2.05 bits per heavy atom. The van der Waals surface area contributed by atoms with Gasteiger partial charge in [-0.3, -0.25) is 4.79 Å². The van der Waals surface area contributed by atoms with E-state index in [1.807, 2.05) is 43.3 Å². The van der Waals surface area contributed by atoms with Crippen molar-refractivity contribution >= 4 is 5.91 Å². The Morgan fingerprint density at radius 1 is 1.27 bits per heavy atom. The van der Waals surface area contributed by atoms with Gasteiger partial charge < -0.3 is 9.64 Å². The summed E-state index contributed by atoms with van der Waals surface area (Å²) in [7, 11) is 0. The molecule has 0 saturated heterocycles. The monoisotopic (exact) mass is 295 g/mol. The van der Waals surface area contributed by atoms with Crippen LogP contribution in [0.3, 0.4) is 0 Å². The van der Waals surface area contributed by atoms with Gasteiger partial charge in [0.1, 0.15) is 12.3 Å². The molecule has 0 aliphatic rings. The summed E-state index contributed by atoms with van der Waals surface area (Å²) in [6, 6.07) is 14.6. The lowest BCUT2D eigenvalue weighted by Crippen LogP contribution is -2.32. The van der Waals surface area contributed by atoms with E-state index in [9.17, 15) is 4.79 Å². The number of nitrogens with zero attached hydrogens (tertiary/aromatic N) is 3. The number of amides is 1. The largest absolute Gasteiger partial charge is 0.439 e. The summed E-state index contributed by atoms with van der Waals surface area (Å²) in [6.45, 7) is 2.59. The van der Waals surface area contributed by atoms with E-state index >= 15 is 0 Å². The summed E-state index contributed by atoms with van der Waals surface area (Å²) < 4.78 is 5.58. The minimum atomic E-state index is -0.192. The average molecular weight is 295 g/mol. The van der Waals surface area contributed by atoms with Crippen molar-refractivity contribution in [1.82, 2.24) is 9.88 Å². The Hall–Kier alpha value is -2.87. The van der Waals surface area contributed by atoms with Gasteiger partial charge in [0.2, 0.25) is 5.88 Å². The molecule has 1 aromatic carbocycles. The van der Waals surface area contributed by atoms with Crippen LogP contribution in [0, 0.1) is 11.3 Å². The second-order valence-electron chi connectivity index (χ2n) is 4.69. The zero-order valence-electron chi connectivity index (χ0n) is 12.4. The van der Waals surface area contributed by atoms with Crippen molar-refractivity contribution in [3.05, 3.63) is 54.2 Å². The molecule has 112 valence electrons. The molecule has 2 rings (SSSR count). The normalized spacial score (nSPS) is 9.82. The molecule has 1 heterocycles. The molecular weight excluding hydrogens is 278 g/mol. The highest BCUT2D eigenvalue weighted by Gasteiger charge is 2.15. The van der Waals surface area contributed by atoms with Crippen LogP contribution in [0.2, 0.25) is 0 Å². The Morgan fingerprint density at radius 3 is 2.64 bits per heavy atom. The number of carbonyl (C=O) groups is 1. The van der Waals surface area contributed by atoms with Gasteiger partial charge >= 0.3 is 0 Å². The van der Waals surface area contributed by atoms with Crippen LogP contribution < -0.4 is 4.74 Å². The smallest absolute Gasteiger partial charge is 0.256 e. The molecule has 2 aromatic rings. The molecule has 5 heteroatoms. The van der Waals surface area contributed by atoms with Gasteiger partial charge in [-0.2, -0.15) is 5.26 Å². The van der Waals surface area contributed by atoms with Crippen LogP contribution in [0.4, 0.5) is 0 Å². The first-order valence-corrected chi connectivity index (χ1v) is 7.09. The van der Waals surface area contributed by atoms with Crippen LogP contribution >= 0.6 is 0 Å². The molecule has 1 aromatic heterocycles. The lowest BCUT2D eigenvalue weighted by atomic mass is 10.2. The number of para-hydroxylation sites is 1. The first kappa shape index (κ1) is 15.5. The average Bonchev–Trinajstić information content (AvgIpc) is 2.56. The Bertz CT molecular complexity index is 648. The van der Waals surface area contributed by atoms with Crippen molar-refractivity contribution in [1.29, 1.82) is 5.26 Å². The van der Waals surface area contributed by atoms with Crippen molar-refractivity contribution in [2.75, 3.05) is 13.1 Å². The van der Waals surface area contributed by atoms with Crippen LogP contribution in [0.1, 0.15) is 23.7 Å². The van der Waals surface area contributed by atoms with Crippen LogP contribution in [-0.4, -0.2) is 28.9 Å². The Labute approximate surface area is 129 Å². The zero-order chi connectivity index (χ0) is 15.8. The number of benzene rings is 1. The minimum absolute atomic E-state index is 0.0783. The molecule has 0 radical (unpaired) electrons.